The molecule has 0 radical (unpaired) electrons. The molecule has 1 saturated carbocycles. The van der Waals surface area contributed by atoms with Gasteiger partial charge in [-0.05, 0) is 62.5 Å². The highest BCUT2D eigenvalue weighted by Crippen LogP contribution is 2.52. The summed E-state index contributed by atoms with van der Waals surface area (Å²) in [6.45, 7) is 6.07. The molecular weight excluding hydrogens is 254 g/mol. The molecule has 1 fully saturated rings. The monoisotopic (exact) mass is 277 g/mol. The summed E-state index contributed by atoms with van der Waals surface area (Å²) in [5.74, 6) is 0.724. The molecule has 1 atom stereocenters. The standard InChI is InChI=1S/C16H23NOS/c1-4-13-5-8-16(11-17,9-6-13)15(3,18)14-12(2)7-10-19-14/h7,10,13,18H,4-6,8-9H2,1-3H3. The van der Waals surface area contributed by atoms with Crippen molar-refractivity contribution in [3.8, 4) is 6.07 Å². The fourth-order valence-corrected chi connectivity index (χ4v) is 4.46. The lowest BCUT2D eigenvalue weighted by Gasteiger charge is -2.44. The summed E-state index contributed by atoms with van der Waals surface area (Å²) in [5.41, 5.74) is -0.547. The summed E-state index contributed by atoms with van der Waals surface area (Å²) in [7, 11) is 0. The van der Waals surface area contributed by atoms with E-state index in [1.807, 2.05) is 25.3 Å². The van der Waals surface area contributed by atoms with Crippen molar-refractivity contribution in [3.63, 3.8) is 0 Å². The van der Waals surface area contributed by atoms with Gasteiger partial charge in [-0.2, -0.15) is 5.26 Å². The van der Waals surface area contributed by atoms with Gasteiger partial charge in [0, 0.05) is 4.88 Å². The van der Waals surface area contributed by atoms with Crippen LogP contribution in [0.25, 0.3) is 0 Å². The second-order valence-corrected chi connectivity index (χ2v) is 6.97. The molecule has 2 nitrogen and oxygen atoms in total. The Bertz CT molecular complexity index is 475. The number of nitrogens with zero attached hydrogens (tertiary/aromatic N) is 1. The highest BCUT2D eigenvalue weighted by Gasteiger charge is 2.51. The maximum absolute atomic E-state index is 11.1. The lowest BCUT2D eigenvalue weighted by Crippen LogP contribution is -2.45. The molecule has 104 valence electrons. The summed E-state index contributed by atoms with van der Waals surface area (Å²) >= 11 is 1.57. The molecule has 2 rings (SSSR count). The van der Waals surface area contributed by atoms with Crippen LogP contribution in [0.4, 0.5) is 0 Å². The zero-order valence-electron chi connectivity index (χ0n) is 12.1. The molecule has 0 bridgehead atoms. The van der Waals surface area contributed by atoms with Gasteiger partial charge in [0.1, 0.15) is 5.60 Å². The van der Waals surface area contributed by atoms with Gasteiger partial charge in [0.25, 0.3) is 0 Å². The zero-order valence-corrected chi connectivity index (χ0v) is 12.9. The van der Waals surface area contributed by atoms with Crippen molar-refractivity contribution < 1.29 is 5.11 Å². The van der Waals surface area contributed by atoms with Gasteiger partial charge >= 0.3 is 0 Å². The number of thiophene rings is 1. The Kier molecular flexibility index (Phi) is 4.03. The quantitative estimate of drug-likeness (QED) is 0.891. The van der Waals surface area contributed by atoms with Crippen LogP contribution in [0.15, 0.2) is 11.4 Å². The molecule has 0 saturated heterocycles. The first-order valence-electron chi connectivity index (χ1n) is 7.15. The van der Waals surface area contributed by atoms with E-state index < -0.39 is 11.0 Å². The topological polar surface area (TPSA) is 44.0 Å². The molecule has 1 aliphatic carbocycles. The average Bonchev–Trinajstić information content (AvgIpc) is 2.85. The molecular formula is C16H23NOS. The largest absolute Gasteiger partial charge is 0.383 e. The predicted octanol–water partition coefficient (Wildman–Crippen LogP) is 4.37. The van der Waals surface area contributed by atoms with Crippen LogP contribution in [0.3, 0.4) is 0 Å². The van der Waals surface area contributed by atoms with E-state index in [0.717, 1.165) is 42.0 Å². The number of hydrogen-bond donors (Lipinski definition) is 1. The number of rotatable bonds is 3. The lowest BCUT2D eigenvalue weighted by atomic mass is 9.61. The highest BCUT2D eigenvalue weighted by atomic mass is 32.1. The Morgan fingerprint density at radius 2 is 2.16 bits per heavy atom. The Labute approximate surface area is 120 Å². The molecule has 0 aromatic carbocycles. The molecule has 1 heterocycles. The summed E-state index contributed by atoms with van der Waals surface area (Å²) in [5, 5.41) is 22.8. The van der Waals surface area contributed by atoms with Crippen molar-refractivity contribution in [1.82, 2.24) is 0 Å². The van der Waals surface area contributed by atoms with E-state index in [0.29, 0.717) is 0 Å². The van der Waals surface area contributed by atoms with Crippen LogP contribution in [-0.4, -0.2) is 5.11 Å². The number of hydrogen-bond acceptors (Lipinski definition) is 3. The lowest BCUT2D eigenvalue weighted by molar-refractivity contribution is -0.0674. The Hall–Kier alpha value is -0.850. The van der Waals surface area contributed by atoms with Crippen molar-refractivity contribution in [2.24, 2.45) is 11.3 Å². The van der Waals surface area contributed by atoms with Gasteiger partial charge in [0.2, 0.25) is 0 Å². The summed E-state index contributed by atoms with van der Waals surface area (Å²) in [6, 6.07) is 4.50. The minimum absolute atomic E-state index is 0.617. The van der Waals surface area contributed by atoms with E-state index in [2.05, 4.69) is 13.0 Å². The van der Waals surface area contributed by atoms with Crippen LogP contribution in [0.2, 0.25) is 0 Å². The van der Waals surface area contributed by atoms with Crippen molar-refractivity contribution in [2.45, 2.75) is 58.5 Å². The van der Waals surface area contributed by atoms with Crippen LogP contribution in [0, 0.1) is 29.6 Å². The number of aryl methyl sites for hydroxylation is 1. The number of nitriles is 1. The fraction of sp³-hybridized carbons (Fsp3) is 0.688. The maximum Gasteiger partial charge on any atom is 0.115 e. The Morgan fingerprint density at radius 3 is 2.58 bits per heavy atom. The van der Waals surface area contributed by atoms with Gasteiger partial charge in [-0.1, -0.05) is 13.3 Å². The third-order valence-corrected chi connectivity index (χ3v) is 6.21. The van der Waals surface area contributed by atoms with Crippen LogP contribution in [0.1, 0.15) is 56.4 Å². The number of aliphatic hydroxyl groups is 1. The first-order valence-corrected chi connectivity index (χ1v) is 8.03. The summed E-state index contributed by atoms with van der Waals surface area (Å²) in [6.07, 6.45) is 4.93. The Morgan fingerprint density at radius 1 is 1.53 bits per heavy atom. The van der Waals surface area contributed by atoms with Crippen molar-refractivity contribution in [1.29, 1.82) is 5.26 Å². The van der Waals surface area contributed by atoms with E-state index in [1.54, 1.807) is 11.3 Å². The molecule has 1 aromatic rings. The maximum atomic E-state index is 11.1. The van der Waals surface area contributed by atoms with Crippen LogP contribution in [0.5, 0.6) is 0 Å². The van der Waals surface area contributed by atoms with E-state index in [4.69, 9.17) is 0 Å². The van der Waals surface area contributed by atoms with Gasteiger partial charge in [-0.3, -0.25) is 0 Å². The second-order valence-electron chi connectivity index (χ2n) is 6.05. The third-order valence-electron chi connectivity index (χ3n) is 4.99. The molecule has 0 amide bonds. The average molecular weight is 277 g/mol. The zero-order chi connectivity index (χ0) is 14.1. The van der Waals surface area contributed by atoms with E-state index in [-0.39, 0.29) is 0 Å². The molecule has 0 spiro atoms. The highest BCUT2D eigenvalue weighted by molar-refractivity contribution is 7.10. The van der Waals surface area contributed by atoms with E-state index >= 15 is 0 Å². The van der Waals surface area contributed by atoms with Crippen LogP contribution in [-0.2, 0) is 5.60 Å². The molecule has 1 N–H and O–H groups in total. The molecule has 1 aromatic heterocycles. The van der Waals surface area contributed by atoms with Gasteiger partial charge < -0.3 is 5.11 Å². The molecule has 0 aliphatic heterocycles. The normalized spacial score (nSPS) is 30.6. The van der Waals surface area contributed by atoms with E-state index in [9.17, 15) is 10.4 Å². The smallest absolute Gasteiger partial charge is 0.115 e. The molecule has 3 heteroatoms. The molecule has 1 unspecified atom stereocenters. The summed E-state index contributed by atoms with van der Waals surface area (Å²) < 4.78 is 0. The second kappa shape index (κ2) is 5.26. The summed E-state index contributed by atoms with van der Waals surface area (Å²) in [4.78, 5) is 0.962. The SMILES string of the molecule is CCC1CCC(C#N)(C(C)(O)c2sccc2C)CC1. The minimum Gasteiger partial charge on any atom is -0.383 e. The van der Waals surface area contributed by atoms with Crippen molar-refractivity contribution in [3.05, 3.63) is 21.9 Å². The molecule has 19 heavy (non-hydrogen) atoms. The molecule has 1 aliphatic rings. The Balaban J connectivity index is 2.32. The first kappa shape index (κ1) is 14.6. The van der Waals surface area contributed by atoms with Gasteiger partial charge in [0.15, 0.2) is 0 Å². The van der Waals surface area contributed by atoms with Gasteiger partial charge in [-0.15, -0.1) is 11.3 Å². The van der Waals surface area contributed by atoms with E-state index in [1.165, 1.54) is 6.42 Å². The van der Waals surface area contributed by atoms with Gasteiger partial charge in [-0.25, -0.2) is 0 Å². The van der Waals surface area contributed by atoms with Crippen molar-refractivity contribution >= 4 is 11.3 Å². The fourth-order valence-electron chi connectivity index (χ4n) is 3.37. The van der Waals surface area contributed by atoms with Crippen LogP contribution >= 0.6 is 11.3 Å². The first-order chi connectivity index (χ1) is 8.97. The third kappa shape index (κ3) is 2.32. The van der Waals surface area contributed by atoms with Gasteiger partial charge in [0.05, 0.1) is 11.5 Å². The van der Waals surface area contributed by atoms with Crippen molar-refractivity contribution in [2.75, 3.05) is 0 Å². The predicted molar refractivity (Wildman–Crippen MR) is 78.9 cm³/mol. The van der Waals surface area contributed by atoms with Crippen LogP contribution < -0.4 is 0 Å². The minimum atomic E-state index is -1.03.